The maximum atomic E-state index is 12.7. The van der Waals surface area contributed by atoms with Gasteiger partial charge in [-0.15, -0.1) is 0 Å². The monoisotopic (exact) mass is 671 g/mol. The number of carbonyl (C=O) groups excluding carboxylic acids is 2. The second kappa shape index (κ2) is 35.4. The van der Waals surface area contributed by atoms with E-state index in [4.69, 9.17) is 10.5 Å². The summed E-state index contributed by atoms with van der Waals surface area (Å²) in [4.78, 5) is 36.4. The summed E-state index contributed by atoms with van der Waals surface area (Å²) < 4.78 is 5.84. The highest BCUT2D eigenvalue weighted by atomic mass is 16.5. The molecule has 0 aliphatic carbocycles. The zero-order valence-corrected chi connectivity index (χ0v) is 30.6. The molecule has 7 heteroatoms. The van der Waals surface area contributed by atoms with Crippen LogP contribution in [0.3, 0.4) is 0 Å². The van der Waals surface area contributed by atoms with Crippen molar-refractivity contribution in [3.63, 3.8) is 0 Å². The van der Waals surface area contributed by atoms with E-state index in [1.165, 1.54) is 51.4 Å². The Kier molecular flexibility index (Phi) is 33.2. The van der Waals surface area contributed by atoms with Crippen LogP contribution in [0.15, 0.2) is 60.8 Å². The SMILES string of the molecule is CC/C=C\C/C=C\C/C=C\C/C=C\C/C=C\C(CCCCC(=O)NC(CCCN)C(=O)O)OC(=O)CCCCCCCCCCCCC. The molecule has 274 valence electrons. The zero-order chi connectivity index (χ0) is 35.3. The minimum atomic E-state index is -1.04. The molecule has 48 heavy (non-hydrogen) atoms. The lowest BCUT2D eigenvalue weighted by Gasteiger charge is -2.16. The summed E-state index contributed by atoms with van der Waals surface area (Å²) in [6.45, 7) is 4.77. The summed E-state index contributed by atoms with van der Waals surface area (Å²) in [7, 11) is 0. The van der Waals surface area contributed by atoms with Crippen LogP contribution >= 0.6 is 0 Å². The molecule has 0 aliphatic heterocycles. The quantitative estimate of drug-likeness (QED) is 0.0363. The summed E-state index contributed by atoms with van der Waals surface area (Å²) in [6.07, 6.45) is 42.6. The van der Waals surface area contributed by atoms with Gasteiger partial charge < -0.3 is 20.9 Å². The van der Waals surface area contributed by atoms with E-state index in [1.54, 1.807) is 0 Å². The van der Waals surface area contributed by atoms with Gasteiger partial charge in [-0.1, -0.05) is 133 Å². The summed E-state index contributed by atoms with van der Waals surface area (Å²) in [5.74, 6) is -1.49. The van der Waals surface area contributed by atoms with Gasteiger partial charge in [0.25, 0.3) is 0 Å². The largest absolute Gasteiger partial charge is 0.480 e. The number of carbonyl (C=O) groups is 3. The Hall–Kier alpha value is -2.93. The molecule has 0 spiro atoms. The molecule has 2 unspecified atom stereocenters. The number of ether oxygens (including phenoxy) is 1. The van der Waals surface area contributed by atoms with Crippen LogP contribution in [0.25, 0.3) is 0 Å². The first-order valence-electron chi connectivity index (χ1n) is 19.1. The molecule has 4 N–H and O–H groups in total. The standard InChI is InChI=1S/C41H70N2O5/c1-3-5-7-9-11-13-15-16-17-19-20-22-24-26-31-37(32-28-29-34-39(44)43-38(41(46)47)33-30-36-42)48-40(45)35-27-25-23-21-18-14-12-10-8-6-4-2/h5,7,11,13,16-17,20,22,26,31,37-38H,3-4,6,8-10,12,14-15,18-19,21,23-25,27-30,32-36,42H2,1-2H3,(H,43,44)(H,46,47)/b7-5-,13-11-,17-16-,22-20-,31-26-. The van der Waals surface area contributed by atoms with Gasteiger partial charge in [-0.05, 0) is 83.2 Å². The molecule has 0 saturated carbocycles. The average molecular weight is 671 g/mol. The second-order valence-corrected chi connectivity index (χ2v) is 12.6. The molecule has 1 amide bonds. The van der Waals surface area contributed by atoms with Crippen molar-refractivity contribution in [2.24, 2.45) is 5.73 Å². The lowest BCUT2D eigenvalue weighted by molar-refractivity contribution is -0.147. The van der Waals surface area contributed by atoms with Crippen molar-refractivity contribution >= 4 is 17.8 Å². The van der Waals surface area contributed by atoms with Gasteiger partial charge in [-0.2, -0.15) is 0 Å². The molecule has 0 heterocycles. The smallest absolute Gasteiger partial charge is 0.326 e. The molecule has 2 atom stereocenters. The van der Waals surface area contributed by atoms with Crippen LogP contribution in [0.1, 0.15) is 162 Å². The van der Waals surface area contributed by atoms with Gasteiger partial charge in [0.05, 0.1) is 0 Å². The lowest BCUT2D eigenvalue weighted by atomic mass is 10.1. The molecule has 0 aliphatic rings. The number of carboxylic acids is 1. The van der Waals surface area contributed by atoms with Crippen molar-refractivity contribution in [3.05, 3.63) is 60.8 Å². The highest BCUT2D eigenvalue weighted by Gasteiger charge is 2.19. The van der Waals surface area contributed by atoms with Crippen LogP contribution in [0.5, 0.6) is 0 Å². The molecular weight excluding hydrogens is 600 g/mol. The molecular formula is C41H70N2O5. The fraction of sp³-hybridized carbons (Fsp3) is 0.683. The Bertz CT molecular complexity index is 937. The predicted octanol–water partition coefficient (Wildman–Crippen LogP) is 10.2. The molecule has 0 aromatic carbocycles. The number of allylic oxidation sites excluding steroid dienone is 9. The van der Waals surface area contributed by atoms with Crippen molar-refractivity contribution in [1.82, 2.24) is 5.32 Å². The van der Waals surface area contributed by atoms with Crippen LogP contribution in [0, 0.1) is 0 Å². The van der Waals surface area contributed by atoms with Gasteiger partial charge in [0.1, 0.15) is 12.1 Å². The summed E-state index contributed by atoms with van der Waals surface area (Å²) in [5.41, 5.74) is 5.48. The maximum absolute atomic E-state index is 12.7. The topological polar surface area (TPSA) is 119 Å². The van der Waals surface area contributed by atoms with Crippen molar-refractivity contribution in [2.75, 3.05) is 6.54 Å². The normalized spacial score (nSPS) is 13.4. The number of aliphatic carboxylic acids is 1. The third kappa shape index (κ3) is 31.7. The highest BCUT2D eigenvalue weighted by Crippen LogP contribution is 2.14. The Labute approximate surface area is 293 Å². The predicted molar refractivity (Wildman–Crippen MR) is 202 cm³/mol. The van der Waals surface area contributed by atoms with E-state index in [9.17, 15) is 19.5 Å². The molecule has 0 fully saturated rings. The fourth-order valence-electron chi connectivity index (χ4n) is 5.22. The van der Waals surface area contributed by atoms with Gasteiger partial charge in [0.2, 0.25) is 5.91 Å². The third-order valence-electron chi connectivity index (χ3n) is 8.08. The first-order chi connectivity index (χ1) is 23.4. The Morgan fingerprint density at radius 3 is 1.65 bits per heavy atom. The number of nitrogens with one attached hydrogen (secondary N) is 1. The molecule has 0 radical (unpaired) electrons. The summed E-state index contributed by atoms with van der Waals surface area (Å²) in [5, 5.41) is 11.9. The van der Waals surface area contributed by atoms with Crippen molar-refractivity contribution in [1.29, 1.82) is 0 Å². The average Bonchev–Trinajstić information content (AvgIpc) is 3.07. The summed E-state index contributed by atoms with van der Waals surface area (Å²) in [6, 6.07) is -0.911. The van der Waals surface area contributed by atoms with Crippen LogP contribution in [-0.4, -0.2) is 41.6 Å². The van der Waals surface area contributed by atoms with Crippen LogP contribution in [-0.2, 0) is 19.1 Å². The zero-order valence-electron chi connectivity index (χ0n) is 30.6. The van der Waals surface area contributed by atoms with E-state index in [-0.39, 0.29) is 24.4 Å². The maximum Gasteiger partial charge on any atom is 0.326 e. The number of rotatable bonds is 33. The number of esters is 1. The van der Waals surface area contributed by atoms with E-state index in [0.717, 1.165) is 51.4 Å². The van der Waals surface area contributed by atoms with E-state index < -0.39 is 12.0 Å². The Morgan fingerprint density at radius 2 is 1.12 bits per heavy atom. The van der Waals surface area contributed by atoms with E-state index in [2.05, 4.69) is 67.8 Å². The number of nitrogens with two attached hydrogens (primary N) is 1. The van der Waals surface area contributed by atoms with E-state index in [0.29, 0.717) is 45.1 Å². The number of amides is 1. The second-order valence-electron chi connectivity index (χ2n) is 12.6. The van der Waals surface area contributed by atoms with Gasteiger partial charge in [0.15, 0.2) is 0 Å². The molecule has 0 aromatic heterocycles. The highest BCUT2D eigenvalue weighted by molar-refractivity contribution is 5.83. The van der Waals surface area contributed by atoms with Crippen molar-refractivity contribution in [3.8, 4) is 0 Å². The Balaban J connectivity index is 4.62. The first kappa shape index (κ1) is 45.1. The number of hydrogen-bond acceptors (Lipinski definition) is 5. The third-order valence-corrected chi connectivity index (χ3v) is 8.08. The minimum Gasteiger partial charge on any atom is -0.480 e. The lowest BCUT2D eigenvalue weighted by Crippen LogP contribution is -2.40. The van der Waals surface area contributed by atoms with Gasteiger partial charge >= 0.3 is 11.9 Å². The number of unbranched alkanes of at least 4 members (excludes halogenated alkanes) is 11. The molecule has 0 aromatic rings. The molecule has 0 saturated heterocycles. The van der Waals surface area contributed by atoms with Crippen LogP contribution < -0.4 is 11.1 Å². The molecule has 7 nitrogen and oxygen atoms in total. The van der Waals surface area contributed by atoms with Crippen molar-refractivity contribution < 1.29 is 24.2 Å². The van der Waals surface area contributed by atoms with E-state index >= 15 is 0 Å². The molecule has 0 bridgehead atoms. The van der Waals surface area contributed by atoms with Crippen LogP contribution in [0.4, 0.5) is 0 Å². The fourth-order valence-corrected chi connectivity index (χ4v) is 5.22. The van der Waals surface area contributed by atoms with Crippen molar-refractivity contribution in [2.45, 2.75) is 174 Å². The minimum absolute atomic E-state index is 0.168. The first-order valence-corrected chi connectivity index (χ1v) is 19.1. The van der Waals surface area contributed by atoms with Gasteiger partial charge in [-0.25, -0.2) is 4.79 Å². The molecule has 0 rings (SSSR count). The Morgan fingerprint density at radius 1 is 0.625 bits per heavy atom. The van der Waals surface area contributed by atoms with Crippen LogP contribution in [0.2, 0.25) is 0 Å². The van der Waals surface area contributed by atoms with E-state index in [1.807, 2.05) is 12.2 Å². The van der Waals surface area contributed by atoms with Gasteiger partial charge in [0, 0.05) is 12.8 Å². The van der Waals surface area contributed by atoms with Gasteiger partial charge in [-0.3, -0.25) is 9.59 Å². The summed E-state index contributed by atoms with van der Waals surface area (Å²) >= 11 is 0. The number of carboxylic acid groups (broad SMARTS) is 1. The number of hydrogen-bond donors (Lipinski definition) is 3.